The Bertz CT molecular complexity index is 1190. The van der Waals surface area contributed by atoms with Gasteiger partial charge in [-0.15, -0.1) is 0 Å². The van der Waals surface area contributed by atoms with Crippen LogP contribution < -0.4 is 5.32 Å². The first-order chi connectivity index (χ1) is 15.4. The lowest BCUT2D eigenvalue weighted by molar-refractivity contribution is -0.384. The summed E-state index contributed by atoms with van der Waals surface area (Å²) < 4.78 is 4.68. The molecule has 3 rings (SSSR count). The molecule has 0 spiro atoms. The Kier molecular flexibility index (Phi) is 7.35. The van der Waals surface area contributed by atoms with Crippen molar-refractivity contribution < 1.29 is 19.2 Å². The summed E-state index contributed by atoms with van der Waals surface area (Å²) in [7, 11) is 1.31. The third-order valence-electron chi connectivity index (χ3n) is 4.26. The molecule has 0 bridgehead atoms. The van der Waals surface area contributed by atoms with Crippen LogP contribution in [0.1, 0.15) is 22.8 Å². The molecule has 162 valence electrons. The number of anilines is 1. The first-order valence-electron chi connectivity index (χ1n) is 9.42. The van der Waals surface area contributed by atoms with Gasteiger partial charge in [-0.05, 0) is 42.5 Å². The summed E-state index contributed by atoms with van der Waals surface area (Å²) in [6, 6.07) is 18.3. The summed E-state index contributed by atoms with van der Waals surface area (Å²) in [6.45, 7) is 1.43. The average molecular weight is 449 g/mol. The normalized spacial score (nSPS) is 10.7. The van der Waals surface area contributed by atoms with Gasteiger partial charge in [0, 0.05) is 40.6 Å². The molecule has 0 aliphatic carbocycles. The Morgan fingerprint density at radius 1 is 1.06 bits per heavy atom. The van der Waals surface area contributed by atoms with Crippen LogP contribution in [0.4, 0.5) is 17.1 Å². The molecule has 9 heteroatoms. The predicted octanol–water partition coefficient (Wildman–Crippen LogP) is 5.24. The number of rotatable bonds is 7. The number of nitrogens with one attached hydrogen (secondary N) is 1. The zero-order chi connectivity index (χ0) is 23.1. The maximum Gasteiger partial charge on any atom is 0.337 e. The molecule has 0 aliphatic heterocycles. The molecule has 0 saturated heterocycles. The van der Waals surface area contributed by atoms with E-state index in [0.29, 0.717) is 22.5 Å². The minimum Gasteiger partial charge on any atom is -0.465 e. The topological polar surface area (TPSA) is 111 Å². The number of carbonyl (C=O) groups is 2. The fourth-order valence-corrected chi connectivity index (χ4v) is 3.73. The highest BCUT2D eigenvalue weighted by Gasteiger charge is 2.13. The van der Waals surface area contributed by atoms with E-state index in [1.54, 1.807) is 36.4 Å². The van der Waals surface area contributed by atoms with Crippen molar-refractivity contribution in [3.8, 4) is 0 Å². The van der Waals surface area contributed by atoms with Crippen molar-refractivity contribution in [1.82, 2.24) is 0 Å². The van der Waals surface area contributed by atoms with Crippen LogP contribution in [0.15, 0.2) is 81.5 Å². The lowest BCUT2D eigenvalue weighted by atomic mass is 10.2. The van der Waals surface area contributed by atoms with E-state index in [0.717, 1.165) is 9.79 Å². The molecular formula is C23H19N3O5S. The van der Waals surface area contributed by atoms with E-state index in [9.17, 15) is 19.7 Å². The van der Waals surface area contributed by atoms with Gasteiger partial charge in [0.25, 0.3) is 5.69 Å². The number of nitro groups is 1. The molecule has 0 unspecified atom stereocenters. The first-order valence-corrected chi connectivity index (χ1v) is 10.2. The maximum atomic E-state index is 11.6. The van der Waals surface area contributed by atoms with Gasteiger partial charge < -0.3 is 10.1 Å². The average Bonchev–Trinajstić information content (AvgIpc) is 2.79. The molecule has 3 aromatic carbocycles. The fraction of sp³-hybridized carbons (Fsp3) is 0.0870. The van der Waals surface area contributed by atoms with Crippen LogP contribution in [0.5, 0.6) is 0 Å². The number of aliphatic imine (C=N–C) groups is 1. The van der Waals surface area contributed by atoms with Gasteiger partial charge in [0.1, 0.15) is 0 Å². The summed E-state index contributed by atoms with van der Waals surface area (Å²) in [4.78, 5) is 39.8. The minimum atomic E-state index is -0.470. The summed E-state index contributed by atoms with van der Waals surface area (Å²) in [5.74, 6) is -0.644. The van der Waals surface area contributed by atoms with Crippen molar-refractivity contribution in [3.05, 3.63) is 88.0 Å². The second kappa shape index (κ2) is 10.4. The molecule has 0 heterocycles. The standard InChI is InChI=1S/C23H19N3O5S/c1-15(27)25-20-5-3-4-6-22(20)32-21-12-11-19(26(29)30)13-17(21)14-24-18-9-7-16(8-10-18)23(28)31-2/h3-14H,1-2H3,(H,25,27). The maximum absolute atomic E-state index is 11.6. The van der Waals surface area contributed by atoms with Crippen molar-refractivity contribution in [2.24, 2.45) is 4.99 Å². The monoisotopic (exact) mass is 449 g/mol. The Balaban J connectivity index is 1.94. The molecule has 0 fully saturated rings. The van der Waals surface area contributed by atoms with Crippen molar-refractivity contribution >= 4 is 46.9 Å². The van der Waals surface area contributed by atoms with Gasteiger partial charge in [0.15, 0.2) is 0 Å². The number of carbonyl (C=O) groups excluding carboxylic acids is 2. The highest BCUT2D eigenvalue weighted by molar-refractivity contribution is 7.99. The summed E-state index contributed by atoms with van der Waals surface area (Å²) in [6.07, 6.45) is 1.53. The lowest BCUT2D eigenvalue weighted by Gasteiger charge is -2.11. The number of nitro benzene ring substituents is 1. The smallest absolute Gasteiger partial charge is 0.337 e. The summed E-state index contributed by atoms with van der Waals surface area (Å²) >= 11 is 1.36. The van der Waals surface area contributed by atoms with Gasteiger partial charge in [-0.3, -0.25) is 19.9 Å². The minimum absolute atomic E-state index is 0.0630. The van der Waals surface area contributed by atoms with Crippen LogP contribution in [0.3, 0.4) is 0 Å². The molecule has 3 aromatic rings. The zero-order valence-electron chi connectivity index (χ0n) is 17.3. The second-order valence-electron chi connectivity index (χ2n) is 6.56. The number of hydrogen-bond donors (Lipinski definition) is 1. The SMILES string of the molecule is COC(=O)c1ccc(N=Cc2cc([N+](=O)[O-])ccc2Sc2ccccc2NC(C)=O)cc1. The van der Waals surface area contributed by atoms with Gasteiger partial charge in [0.2, 0.25) is 5.91 Å². The van der Waals surface area contributed by atoms with Gasteiger partial charge in [-0.2, -0.15) is 0 Å². The third kappa shape index (κ3) is 5.79. The fourth-order valence-electron chi connectivity index (χ4n) is 2.76. The van der Waals surface area contributed by atoms with E-state index in [2.05, 4.69) is 15.0 Å². The molecule has 1 amide bonds. The van der Waals surface area contributed by atoms with Crippen molar-refractivity contribution in [1.29, 1.82) is 0 Å². The molecule has 0 aliphatic rings. The molecule has 0 atom stereocenters. The van der Waals surface area contributed by atoms with E-state index < -0.39 is 10.9 Å². The van der Waals surface area contributed by atoms with Crippen molar-refractivity contribution in [3.63, 3.8) is 0 Å². The van der Waals surface area contributed by atoms with Gasteiger partial charge in [-0.25, -0.2) is 4.79 Å². The quantitative estimate of drug-likeness (QED) is 0.228. The number of para-hydroxylation sites is 1. The van der Waals surface area contributed by atoms with Crippen LogP contribution in [0.2, 0.25) is 0 Å². The van der Waals surface area contributed by atoms with Gasteiger partial charge >= 0.3 is 5.97 Å². The van der Waals surface area contributed by atoms with Crippen LogP contribution >= 0.6 is 11.8 Å². The molecule has 32 heavy (non-hydrogen) atoms. The van der Waals surface area contributed by atoms with Crippen LogP contribution in [0.25, 0.3) is 0 Å². The Labute approximate surface area is 188 Å². The molecular weight excluding hydrogens is 430 g/mol. The summed E-state index contributed by atoms with van der Waals surface area (Å²) in [5.41, 5.74) is 2.09. The van der Waals surface area contributed by atoms with E-state index in [1.807, 2.05) is 18.2 Å². The highest BCUT2D eigenvalue weighted by Crippen LogP contribution is 2.36. The predicted molar refractivity (Wildman–Crippen MR) is 123 cm³/mol. The second-order valence-corrected chi connectivity index (χ2v) is 7.64. The van der Waals surface area contributed by atoms with E-state index in [1.165, 1.54) is 44.1 Å². The van der Waals surface area contributed by atoms with E-state index >= 15 is 0 Å². The molecule has 8 nitrogen and oxygen atoms in total. The number of nitrogens with zero attached hydrogens (tertiary/aromatic N) is 2. The Morgan fingerprint density at radius 2 is 1.78 bits per heavy atom. The van der Waals surface area contributed by atoms with Gasteiger partial charge in [-0.1, -0.05) is 23.9 Å². The summed E-state index contributed by atoms with van der Waals surface area (Å²) in [5, 5.41) is 14.0. The number of hydrogen-bond acceptors (Lipinski definition) is 7. The molecule has 0 saturated carbocycles. The number of amides is 1. The zero-order valence-corrected chi connectivity index (χ0v) is 18.1. The number of ether oxygens (including phenoxy) is 1. The third-order valence-corrected chi connectivity index (χ3v) is 5.43. The van der Waals surface area contributed by atoms with Crippen LogP contribution in [-0.4, -0.2) is 30.1 Å². The van der Waals surface area contributed by atoms with E-state index in [4.69, 9.17) is 0 Å². The number of non-ortho nitro benzene ring substituents is 1. The van der Waals surface area contributed by atoms with E-state index in [-0.39, 0.29) is 11.6 Å². The molecule has 0 aromatic heterocycles. The van der Waals surface area contributed by atoms with Crippen molar-refractivity contribution in [2.75, 3.05) is 12.4 Å². The van der Waals surface area contributed by atoms with Gasteiger partial charge in [0.05, 0.1) is 29.0 Å². The van der Waals surface area contributed by atoms with Crippen molar-refractivity contribution in [2.45, 2.75) is 16.7 Å². The largest absolute Gasteiger partial charge is 0.465 e. The highest BCUT2D eigenvalue weighted by atomic mass is 32.2. The number of methoxy groups -OCH3 is 1. The van der Waals surface area contributed by atoms with Crippen LogP contribution in [0, 0.1) is 10.1 Å². The number of benzene rings is 3. The Morgan fingerprint density at radius 3 is 2.44 bits per heavy atom. The first kappa shape index (κ1) is 22.7. The van der Waals surface area contributed by atoms with Crippen LogP contribution in [-0.2, 0) is 9.53 Å². The lowest BCUT2D eigenvalue weighted by Crippen LogP contribution is -2.06. The number of esters is 1. The molecule has 0 radical (unpaired) electrons. The Hall–Kier alpha value is -3.98. The molecule has 1 N–H and O–H groups in total.